The first-order valence-corrected chi connectivity index (χ1v) is 9.26. The van der Waals surface area contributed by atoms with E-state index in [1.807, 2.05) is 0 Å². The van der Waals surface area contributed by atoms with E-state index < -0.39 is 22.9 Å². The number of benzene rings is 2. The lowest BCUT2D eigenvalue weighted by Gasteiger charge is -2.10. The van der Waals surface area contributed by atoms with Crippen LogP contribution in [0.5, 0.6) is 0 Å². The Labute approximate surface area is 164 Å². The standard InChI is InChI=1S/C19H17FN4O3S/c20-14-7-2-1-4-12(14)10-22-17(26)11-5-3-6-13(8-11)23-16(25)9-15-18(27)24-19(21)28-15/h1-8,15H,9-10H2,(H,22,26)(H,23,25)(H2,21,24,27)/t15-/m0/s1. The highest BCUT2D eigenvalue weighted by atomic mass is 32.2. The van der Waals surface area contributed by atoms with Crippen LogP contribution in [0.2, 0.25) is 0 Å². The summed E-state index contributed by atoms with van der Waals surface area (Å²) in [7, 11) is 0. The second-order valence-corrected chi connectivity index (χ2v) is 7.22. The van der Waals surface area contributed by atoms with Crippen LogP contribution in [0.1, 0.15) is 22.3 Å². The van der Waals surface area contributed by atoms with Crippen molar-refractivity contribution >= 4 is 40.3 Å². The van der Waals surface area contributed by atoms with Gasteiger partial charge in [0.2, 0.25) is 5.91 Å². The van der Waals surface area contributed by atoms with E-state index in [1.54, 1.807) is 36.4 Å². The van der Waals surface area contributed by atoms with E-state index in [-0.39, 0.29) is 24.0 Å². The fourth-order valence-corrected chi connectivity index (χ4v) is 3.39. The summed E-state index contributed by atoms with van der Waals surface area (Å²) < 4.78 is 13.6. The van der Waals surface area contributed by atoms with Gasteiger partial charge in [0.05, 0.1) is 0 Å². The molecule has 3 amide bonds. The highest BCUT2D eigenvalue weighted by Gasteiger charge is 2.29. The first-order valence-electron chi connectivity index (χ1n) is 8.38. The van der Waals surface area contributed by atoms with Crippen LogP contribution in [0.3, 0.4) is 0 Å². The Morgan fingerprint density at radius 1 is 1.18 bits per heavy atom. The van der Waals surface area contributed by atoms with E-state index in [2.05, 4.69) is 15.6 Å². The summed E-state index contributed by atoms with van der Waals surface area (Å²) in [4.78, 5) is 39.6. The second kappa shape index (κ2) is 8.66. The Balaban J connectivity index is 1.57. The van der Waals surface area contributed by atoms with Crippen molar-refractivity contribution in [3.63, 3.8) is 0 Å². The van der Waals surface area contributed by atoms with Crippen molar-refractivity contribution in [2.45, 2.75) is 18.2 Å². The number of anilines is 1. The van der Waals surface area contributed by atoms with Gasteiger partial charge in [-0.15, -0.1) is 0 Å². The third-order valence-electron chi connectivity index (χ3n) is 3.94. The van der Waals surface area contributed by atoms with E-state index in [9.17, 15) is 18.8 Å². The summed E-state index contributed by atoms with van der Waals surface area (Å²) in [5.74, 6) is -1.62. The zero-order valence-electron chi connectivity index (χ0n) is 14.6. The second-order valence-electron chi connectivity index (χ2n) is 6.00. The minimum absolute atomic E-state index is 0.0462. The minimum atomic E-state index is -0.632. The maximum atomic E-state index is 13.6. The molecule has 1 aliphatic rings. The summed E-state index contributed by atoms with van der Waals surface area (Å²) in [5, 5.41) is 4.80. The number of nitrogens with one attached hydrogen (secondary N) is 2. The lowest BCUT2D eigenvalue weighted by Crippen LogP contribution is -2.24. The average Bonchev–Trinajstić information content (AvgIpc) is 2.97. The number of nitrogens with two attached hydrogens (primary N) is 1. The molecular weight excluding hydrogens is 383 g/mol. The van der Waals surface area contributed by atoms with E-state index >= 15 is 0 Å². The highest BCUT2D eigenvalue weighted by molar-refractivity contribution is 8.15. The van der Waals surface area contributed by atoms with Gasteiger partial charge in [-0.2, -0.15) is 4.99 Å². The van der Waals surface area contributed by atoms with Gasteiger partial charge in [-0.25, -0.2) is 4.39 Å². The van der Waals surface area contributed by atoms with Gasteiger partial charge in [-0.3, -0.25) is 14.4 Å². The van der Waals surface area contributed by atoms with Crippen molar-refractivity contribution < 1.29 is 18.8 Å². The highest BCUT2D eigenvalue weighted by Crippen LogP contribution is 2.23. The topological polar surface area (TPSA) is 114 Å². The van der Waals surface area contributed by atoms with E-state index in [0.717, 1.165) is 11.8 Å². The smallest absolute Gasteiger partial charge is 0.262 e. The van der Waals surface area contributed by atoms with Gasteiger partial charge in [-0.1, -0.05) is 36.0 Å². The SMILES string of the molecule is NC1=NC(=O)[C@H](CC(=O)Nc2cccc(C(=O)NCc3ccccc3F)c2)S1. The zero-order chi connectivity index (χ0) is 20.1. The number of thioether (sulfide) groups is 1. The number of carbonyl (C=O) groups excluding carboxylic acids is 3. The first kappa shape index (κ1) is 19.6. The molecule has 144 valence electrons. The summed E-state index contributed by atoms with van der Waals surface area (Å²) in [6, 6.07) is 12.5. The van der Waals surface area contributed by atoms with Gasteiger partial charge in [0, 0.05) is 29.8 Å². The van der Waals surface area contributed by atoms with Crippen molar-refractivity contribution in [3.05, 3.63) is 65.5 Å². The van der Waals surface area contributed by atoms with Gasteiger partial charge >= 0.3 is 0 Å². The Morgan fingerprint density at radius 3 is 2.68 bits per heavy atom. The van der Waals surface area contributed by atoms with Crippen LogP contribution < -0.4 is 16.4 Å². The van der Waals surface area contributed by atoms with E-state index in [1.165, 1.54) is 12.1 Å². The zero-order valence-corrected chi connectivity index (χ0v) is 15.5. The molecule has 9 heteroatoms. The third-order valence-corrected chi connectivity index (χ3v) is 4.92. The molecule has 1 atom stereocenters. The molecule has 3 rings (SSSR count). The normalized spacial score (nSPS) is 15.8. The molecule has 2 aromatic rings. The van der Waals surface area contributed by atoms with Crippen LogP contribution in [0.25, 0.3) is 0 Å². The number of hydrogen-bond acceptors (Lipinski definition) is 5. The molecule has 0 saturated carbocycles. The number of halogens is 1. The molecular formula is C19H17FN4O3S. The molecule has 0 spiro atoms. The molecule has 0 unspecified atom stereocenters. The van der Waals surface area contributed by atoms with Crippen molar-refractivity contribution in [1.29, 1.82) is 0 Å². The van der Waals surface area contributed by atoms with Crippen LogP contribution >= 0.6 is 11.8 Å². The molecule has 1 heterocycles. The first-order chi connectivity index (χ1) is 13.4. The minimum Gasteiger partial charge on any atom is -0.378 e. The molecule has 0 bridgehead atoms. The molecule has 0 radical (unpaired) electrons. The summed E-state index contributed by atoms with van der Waals surface area (Å²) >= 11 is 1.05. The predicted octanol–water partition coefficient (Wildman–Crippen LogP) is 2.04. The van der Waals surface area contributed by atoms with Gasteiger partial charge in [0.15, 0.2) is 5.17 Å². The van der Waals surface area contributed by atoms with Crippen LogP contribution in [0.4, 0.5) is 10.1 Å². The molecule has 4 N–H and O–H groups in total. The number of hydrogen-bond donors (Lipinski definition) is 3. The molecule has 7 nitrogen and oxygen atoms in total. The number of aliphatic imine (C=N–C) groups is 1. The van der Waals surface area contributed by atoms with E-state index in [4.69, 9.17) is 5.73 Å². The average molecular weight is 400 g/mol. The lowest BCUT2D eigenvalue weighted by molar-refractivity contribution is -0.121. The number of carbonyl (C=O) groups is 3. The van der Waals surface area contributed by atoms with Crippen LogP contribution in [-0.4, -0.2) is 28.1 Å². The maximum absolute atomic E-state index is 13.6. The molecule has 28 heavy (non-hydrogen) atoms. The monoisotopic (exact) mass is 400 g/mol. The van der Waals surface area contributed by atoms with Crippen LogP contribution in [-0.2, 0) is 16.1 Å². The fraction of sp³-hybridized carbons (Fsp3) is 0.158. The number of rotatable bonds is 6. The molecule has 1 aliphatic heterocycles. The Hall–Kier alpha value is -3.20. The number of amidine groups is 1. The fourth-order valence-electron chi connectivity index (χ4n) is 2.57. The summed E-state index contributed by atoms with van der Waals surface area (Å²) in [6.45, 7) is 0.0462. The van der Waals surface area contributed by atoms with Gasteiger partial charge < -0.3 is 16.4 Å². The number of amides is 3. The molecule has 0 fully saturated rings. The number of nitrogens with zero attached hydrogens (tertiary/aromatic N) is 1. The quantitative estimate of drug-likeness (QED) is 0.687. The van der Waals surface area contributed by atoms with Crippen molar-refractivity contribution in [1.82, 2.24) is 5.32 Å². The molecule has 0 saturated heterocycles. The van der Waals surface area contributed by atoms with Gasteiger partial charge in [0.25, 0.3) is 11.8 Å². The summed E-state index contributed by atoms with van der Waals surface area (Å²) in [6.07, 6.45) is -0.0720. The van der Waals surface area contributed by atoms with Crippen LogP contribution in [0.15, 0.2) is 53.5 Å². The Kier molecular flexibility index (Phi) is 6.05. The summed E-state index contributed by atoms with van der Waals surface area (Å²) in [5.41, 5.74) is 6.57. The largest absolute Gasteiger partial charge is 0.378 e. The van der Waals surface area contributed by atoms with Crippen molar-refractivity contribution in [2.75, 3.05) is 5.32 Å². The Bertz CT molecular complexity index is 964. The molecule has 0 aliphatic carbocycles. The van der Waals surface area contributed by atoms with Gasteiger partial charge in [-0.05, 0) is 24.3 Å². The molecule has 0 aromatic heterocycles. The van der Waals surface area contributed by atoms with Crippen LogP contribution in [0, 0.1) is 5.82 Å². The van der Waals surface area contributed by atoms with E-state index in [0.29, 0.717) is 16.8 Å². The third kappa shape index (κ3) is 4.95. The molecule has 2 aromatic carbocycles. The van der Waals surface area contributed by atoms with Crippen molar-refractivity contribution in [3.8, 4) is 0 Å². The maximum Gasteiger partial charge on any atom is 0.262 e. The van der Waals surface area contributed by atoms with Gasteiger partial charge in [0.1, 0.15) is 11.1 Å². The predicted molar refractivity (Wildman–Crippen MR) is 105 cm³/mol. The lowest BCUT2D eigenvalue weighted by atomic mass is 10.1. The van der Waals surface area contributed by atoms with Crippen molar-refractivity contribution in [2.24, 2.45) is 10.7 Å². The Morgan fingerprint density at radius 2 is 1.96 bits per heavy atom.